The van der Waals surface area contributed by atoms with Crippen molar-refractivity contribution in [3.63, 3.8) is 0 Å². The van der Waals surface area contributed by atoms with E-state index in [0.29, 0.717) is 0 Å². The fourth-order valence-corrected chi connectivity index (χ4v) is 4.24. The van der Waals surface area contributed by atoms with Gasteiger partial charge >= 0.3 is 0 Å². The molecule has 3 aromatic rings. The van der Waals surface area contributed by atoms with Crippen LogP contribution in [0.2, 0.25) is 0 Å². The van der Waals surface area contributed by atoms with Crippen molar-refractivity contribution in [2.45, 2.75) is 12.1 Å². The summed E-state index contributed by atoms with van der Waals surface area (Å²) in [4.78, 5) is 9.08. The molecule has 0 bridgehead atoms. The third kappa shape index (κ3) is 4.04. The van der Waals surface area contributed by atoms with Gasteiger partial charge in [-0.1, -0.05) is 12.1 Å². The first kappa shape index (κ1) is 20.4. The van der Waals surface area contributed by atoms with Gasteiger partial charge in [0, 0.05) is 42.9 Å². The van der Waals surface area contributed by atoms with Gasteiger partial charge in [-0.25, -0.2) is 0 Å². The van der Waals surface area contributed by atoms with Crippen molar-refractivity contribution in [3.05, 3.63) is 78.4 Å². The average Bonchev–Trinajstić information content (AvgIpc) is 3.37. The maximum atomic E-state index is 5.76. The van der Waals surface area contributed by atoms with Gasteiger partial charge in [-0.2, -0.15) is 0 Å². The van der Waals surface area contributed by atoms with Gasteiger partial charge in [0.15, 0.2) is 5.11 Å². The van der Waals surface area contributed by atoms with Crippen molar-refractivity contribution in [1.82, 2.24) is 24.7 Å². The van der Waals surface area contributed by atoms with Crippen LogP contribution in [0.4, 0.5) is 0 Å². The summed E-state index contributed by atoms with van der Waals surface area (Å²) in [6.45, 7) is 1.74. The molecule has 0 spiro atoms. The summed E-state index contributed by atoms with van der Waals surface area (Å²) in [5.74, 6) is 0.831. The molecule has 4 rings (SSSR count). The zero-order valence-electron chi connectivity index (χ0n) is 17.5. The van der Waals surface area contributed by atoms with Crippen LogP contribution in [0.1, 0.15) is 23.5 Å². The molecule has 1 aliphatic heterocycles. The highest BCUT2D eigenvalue weighted by atomic mass is 32.1. The molecule has 0 aliphatic carbocycles. The van der Waals surface area contributed by atoms with Crippen LogP contribution in [0.3, 0.4) is 0 Å². The summed E-state index contributed by atoms with van der Waals surface area (Å²) < 4.78 is 7.65. The molecule has 1 aliphatic rings. The van der Waals surface area contributed by atoms with E-state index in [1.807, 2.05) is 36.5 Å². The minimum absolute atomic E-state index is 0.0218. The first-order valence-corrected chi connectivity index (χ1v) is 10.4. The van der Waals surface area contributed by atoms with E-state index in [9.17, 15) is 0 Å². The average molecular weight is 422 g/mol. The molecule has 1 aromatic carbocycles. The van der Waals surface area contributed by atoms with E-state index in [1.54, 1.807) is 7.11 Å². The quantitative estimate of drug-likeness (QED) is 0.590. The number of hydrogen-bond acceptors (Lipinski definition) is 4. The molecule has 0 amide bonds. The predicted molar refractivity (Wildman–Crippen MR) is 123 cm³/mol. The third-order valence-corrected chi connectivity index (χ3v) is 5.75. The minimum atomic E-state index is -0.0277. The summed E-state index contributed by atoms with van der Waals surface area (Å²) in [5.41, 5.74) is 3.19. The van der Waals surface area contributed by atoms with Gasteiger partial charge in [-0.15, -0.1) is 0 Å². The number of hydrogen-bond donors (Lipinski definition) is 1. The number of methoxy groups -OCH3 is 1. The van der Waals surface area contributed by atoms with Crippen LogP contribution in [-0.4, -0.2) is 58.8 Å². The lowest BCUT2D eigenvalue weighted by Gasteiger charge is -2.29. The smallest absolute Gasteiger partial charge is 0.170 e. The van der Waals surface area contributed by atoms with Crippen LogP contribution in [-0.2, 0) is 0 Å². The van der Waals surface area contributed by atoms with Crippen LogP contribution in [0.15, 0.2) is 67.0 Å². The number of aromatic nitrogens is 2. The molecule has 30 heavy (non-hydrogen) atoms. The predicted octanol–water partition coefficient (Wildman–Crippen LogP) is 3.42. The van der Waals surface area contributed by atoms with E-state index in [1.165, 1.54) is 0 Å². The Kier molecular flexibility index (Phi) is 6.01. The van der Waals surface area contributed by atoms with Gasteiger partial charge < -0.3 is 24.4 Å². The first-order valence-electron chi connectivity index (χ1n) is 10.0. The van der Waals surface area contributed by atoms with E-state index >= 15 is 0 Å². The highest BCUT2D eigenvalue weighted by Crippen LogP contribution is 2.39. The molecule has 6 nitrogen and oxygen atoms in total. The molecule has 1 N–H and O–H groups in total. The highest BCUT2D eigenvalue weighted by Gasteiger charge is 2.41. The van der Waals surface area contributed by atoms with E-state index in [0.717, 1.165) is 41.0 Å². The molecule has 0 saturated carbocycles. The second-order valence-corrected chi connectivity index (χ2v) is 8.01. The Labute approximate surface area is 183 Å². The van der Waals surface area contributed by atoms with Gasteiger partial charge in [0.1, 0.15) is 5.75 Å². The lowest BCUT2D eigenvalue weighted by Crippen LogP contribution is -2.36. The Morgan fingerprint density at radius 1 is 1.13 bits per heavy atom. The molecule has 2 atom stereocenters. The number of nitrogens with one attached hydrogen (secondary N) is 1. The van der Waals surface area contributed by atoms with Gasteiger partial charge in [-0.3, -0.25) is 4.98 Å². The Morgan fingerprint density at radius 3 is 2.73 bits per heavy atom. The van der Waals surface area contributed by atoms with Gasteiger partial charge in [0.05, 0.1) is 24.9 Å². The normalized spacial score (nSPS) is 18.7. The number of benzene rings is 1. The topological polar surface area (TPSA) is 45.6 Å². The standard InChI is InChI=1S/C23H27N5OS/c1-26(2)14-15-28-22(21(25-23(28)30)19-10-4-5-12-24-19)20-11-7-13-27(20)17-8-6-9-18(16-17)29-3/h4-13,16,21-22H,14-15H2,1-3H3,(H,25,30). The summed E-state index contributed by atoms with van der Waals surface area (Å²) in [5, 5.41) is 4.28. The second kappa shape index (κ2) is 8.85. The van der Waals surface area contributed by atoms with Crippen LogP contribution in [0.25, 0.3) is 5.69 Å². The third-order valence-electron chi connectivity index (χ3n) is 5.40. The van der Waals surface area contributed by atoms with E-state index in [-0.39, 0.29) is 12.1 Å². The molecular formula is C23H27N5OS. The molecule has 1 fully saturated rings. The molecular weight excluding hydrogens is 394 g/mol. The summed E-state index contributed by atoms with van der Waals surface area (Å²) in [6.07, 6.45) is 3.92. The van der Waals surface area contributed by atoms with Crippen molar-refractivity contribution < 1.29 is 4.74 Å². The number of thiocarbonyl (C=S) groups is 1. The van der Waals surface area contributed by atoms with Crippen molar-refractivity contribution in [1.29, 1.82) is 0 Å². The lowest BCUT2D eigenvalue weighted by molar-refractivity contribution is 0.272. The number of rotatable bonds is 7. The van der Waals surface area contributed by atoms with Crippen LogP contribution >= 0.6 is 12.2 Å². The first-order chi connectivity index (χ1) is 14.6. The molecule has 2 aromatic heterocycles. The van der Waals surface area contributed by atoms with Gasteiger partial charge in [-0.05, 0) is 62.7 Å². The number of likely N-dealkylation sites (N-methyl/N-ethyl adjacent to an activating group) is 1. The largest absolute Gasteiger partial charge is 0.497 e. The Bertz CT molecular complexity index is 1000. The van der Waals surface area contributed by atoms with Crippen LogP contribution in [0.5, 0.6) is 5.75 Å². The second-order valence-electron chi connectivity index (χ2n) is 7.63. The summed E-state index contributed by atoms with van der Waals surface area (Å²) in [7, 11) is 5.85. The van der Waals surface area contributed by atoms with Crippen LogP contribution < -0.4 is 10.1 Å². The Balaban J connectivity index is 1.77. The SMILES string of the molecule is COc1cccc(-n2cccc2C2C(c3ccccn3)NC(=S)N2CCN(C)C)c1. The van der Waals surface area contributed by atoms with Gasteiger partial charge in [0.25, 0.3) is 0 Å². The number of nitrogens with zero attached hydrogens (tertiary/aromatic N) is 4. The molecule has 0 radical (unpaired) electrons. The molecule has 7 heteroatoms. The molecule has 156 valence electrons. The fraction of sp³-hybridized carbons (Fsp3) is 0.304. The Morgan fingerprint density at radius 2 is 2.00 bits per heavy atom. The van der Waals surface area contributed by atoms with Crippen molar-refractivity contribution in [3.8, 4) is 11.4 Å². The highest BCUT2D eigenvalue weighted by molar-refractivity contribution is 7.80. The molecule has 3 heterocycles. The number of pyridine rings is 1. The minimum Gasteiger partial charge on any atom is -0.497 e. The van der Waals surface area contributed by atoms with Crippen molar-refractivity contribution in [2.75, 3.05) is 34.3 Å². The van der Waals surface area contributed by atoms with E-state index in [2.05, 4.69) is 69.2 Å². The zero-order valence-corrected chi connectivity index (χ0v) is 18.3. The van der Waals surface area contributed by atoms with Gasteiger partial charge in [0.2, 0.25) is 0 Å². The fourth-order valence-electron chi connectivity index (χ4n) is 3.91. The molecule has 2 unspecified atom stereocenters. The summed E-state index contributed by atoms with van der Waals surface area (Å²) in [6, 6.07) is 18.4. The maximum Gasteiger partial charge on any atom is 0.170 e. The van der Waals surface area contributed by atoms with Crippen molar-refractivity contribution in [2.24, 2.45) is 0 Å². The lowest BCUT2D eigenvalue weighted by atomic mass is 10.0. The van der Waals surface area contributed by atoms with E-state index < -0.39 is 0 Å². The summed E-state index contributed by atoms with van der Waals surface area (Å²) >= 11 is 5.76. The van der Waals surface area contributed by atoms with E-state index in [4.69, 9.17) is 17.0 Å². The van der Waals surface area contributed by atoms with Crippen molar-refractivity contribution >= 4 is 17.3 Å². The number of ether oxygens (including phenoxy) is 1. The molecule has 1 saturated heterocycles. The maximum absolute atomic E-state index is 5.76. The van der Waals surface area contributed by atoms with Crippen LogP contribution in [0, 0.1) is 0 Å². The monoisotopic (exact) mass is 421 g/mol. The Hall–Kier alpha value is -2.90. The zero-order chi connectivity index (χ0) is 21.1.